The number of benzene rings is 1. The Labute approximate surface area is 118 Å². The number of carbonyl (C=O) groups is 3. The smallest absolute Gasteiger partial charge is 0.325 e. The fourth-order valence-electron chi connectivity index (χ4n) is 1.72. The number of imide groups is 1. The van der Waals surface area contributed by atoms with E-state index in [1.165, 1.54) is 0 Å². The van der Waals surface area contributed by atoms with E-state index in [9.17, 15) is 14.4 Å². The van der Waals surface area contributed by atoms with E-state index in [0.29, 0.717) is 5.69 Å². The summed E-state index contributed by atoms with van der Waals surface area (Å²) in [7, 11) is 0. The molecule has 0 radical (unpaired) electrons. The van der Waals surface area contributed by atoms with Crippen LogP contribution >= 0.6 is 15.9 Å². The average molecular weight is 326 g/mol. The maximum Gasteiger partial charge on any atom is 0.325 e. The number of nitrogens with zero attached hydrogens (tertiary/aromatic N) is 1. The van der Waals surface area contributed by atoms with Crippen LogP contribution in [0.25, 0.3) is 0 Å². The van der Waals surface area contributed by atoms with Crippen molar-refractivity contribution in [3.8, 4) is 0 Å². The van der Waals surface area contributed by atoms with Crippen molar-refractivity contribution in [2.75, 3.05) is 18.4 Å². The largest absolute Gasteiger partial charge is 0.329 e. The molecule has 0 aliphatic carbocycles. The third kappa shape index (κ3) is 3.11. The molecule has 19 heavy (non-hydrogen) atoms. The van der Waals surface area contributed by atoms with Crippen LogP contribution < -0.4 is 10.6 Å². The van der Waals surface area contributed by atoms with Crippen molar-refractivity contribution in [3.63, 3.8) is 0 Å². The molecule has 1 aliphatic rings. The van der Waals surface area contributed by atoms with E-state index in [1.807, 2.05) is 13.0 Å². The molecule has 1 aromatic carbocycles. The van der Waals surface area contributed by atoms with E-state index in [2.05, 4.69) is 26.6 Å². The van der Waals surface area contributed by atoms with Gasteiger partial charge in [0.1, 0.15) is 6.54 Å². The van der Waals surface area contributed by atoms with Crippen molar-refractivity contribution in [2.45, 2.75) is 6.92 Å². The van der Waals surface area contributed by atoms with Gasteiger partial charge in [0.25, 0.3) is 5.91 Å². The number of urea groups is 1. The van der Waals surface area contributed by atoms with Crippen LogP contribution in [0, 0.1) is 6.92 Å². The minimum Gasteiger partial charge on any atom is -0.329 e. The quantitative estimate of drug-likeness (QED) is 0.821. The van der Waals surface area contributed by atoms with Gasteiger partial charge >= 0.3 is 6.03 Å². The van der Waals surface area contributed by atoms with E-state index in [1.54, 1.807) is 12.1 Å². The number of nitrogens with one attached hydrogen (secondary N) is 2. The Balaban J connectivity index is 2.01. The maximum atomic E-state index is 11.8. The van der Waals surface area contributed by atoms with Crippen LogP contribution in [-0.2, 0) is 9.59 Å². The molecule has 1 saturated heterocycles. The molecule has 1 aliphatic heterocycles. The highest BCUT2D eigenvalue weighted by atomic mass is 79.9. The fourth-order valence-corrected chi connectivity index (χ4v) is 2.19. The predicted molar refractivity (Wildman–Crippen MR) is 72.6 cm³/mol. The lowest BCUT2D eigenvalue weighted by Gasteiger charge is -2.13. The summed E-state index contributed by atoms with van der Waals surface area (Å²) >= 11 is 3.33. The van der Waals surface area contributed by atoms with E-state index < -0.39 is 17.8 Å². The molecule has 1 heterocycles. The molecule has 1 aromatic rings. The molecule has 0 spiro atoms. The number of aryl methyl sites for hydroxylation is 1. The number of hydrogen-bond acceptors (Lipinski definition) is 3. The standard InChI is InChI=1S/C12H12BrN3O3/c1-7-4-8(13)2-3-9(7)15-10(17)6-16-11(18)5-14-12(16)19/h2-4H,5-6H2,1H3,(H,14,19)(H,15,17). The van der Waals surface area contributed by atoms with Crippen molar-refractivity contribution >= 4 is 39.5 Å². The van der Waals surface area contributed by atoms with E-state index in [0.717, 1.165) is 14.9 Å². The Morgan fingerprint density at radius 2 is 2.21 bits per heavy atom. The van der Waals surface area contributed by atoms with Gasteiger partial charge in [0, 0.05) is 10.2 Å². The van der Waals surface area contributed by atoms with Crippen LogP contribution in [0.15, 0.2) is 22.7 Å². The Morgan fingerprint density at radius 3 is 2.79 bits per heavy atom. The predicted octanol–water partition coefficient (Wildman–Crippen LogP) is 1.25. The number of carbonyl (C=O) groups excluding carboxylic acids is 3. The van der Waals surface area contributed by atoms with Crippen molar-refractivity contribution in [3.05, 3.63) is 28.2 Å². The van der Waals surface area contributed by atoms with E-state index in [-0.39, 0.29) is 13.1 Å². The second-order valence-corrected chi connectivity index (χ2v) is 5.06. The lowest BCUT2D eigenvalue weighted by molar-refractivity contribution is -0.128. The molecule has 100 valence electrons. The number of halogens is 1. The summed E-state index contributed by atoms with van der Waals surface area (Å²) in [5.41, 5.74) is 1.54. The van der Waals surface area contributed by atoms with Crippen LogP contribution in [0.1, 0.15) is 5.56 Å². The van der Waals surface area contributed by atoms with Crippen molar-refractivity contribution in [1.29, 1.82) is 0 Å². The zero-order chi connectivity index (χ0) is 14.0. The molecule has 2 N–H and O–H groups in total. The summed E-state index contributed by atoms with van der Waals surface area (Å²) < 4.78 is 0.914. The molecular formula is C12H12BrN3O3. The molecule has 0 atom stereocenters. The molecule has 0 bridgehead atoms. The van der Waals surface area contributed by atoms with Crippen molar-refractivity contribution < 1.29 is 14.4 Å². The lowest BCUT2D eigenvalue weighted by atomic mass is 10.2. The van der Waals surface area contributed by atoms with Gasteiger partial charge in [-0.15, -0.1) is 0 Å². The van der Waals surface area contributed by atoms with Crippen LogP contribution in [0.2, 0.25) is 0 Å². The molecule has 0 saturated carbocycles. The lowest BCUT2D eigenvalue weighted by Crippen LogP contribution is -2.38. The number of anilines is 1. The zero-order valence-corrected chi connectivity index (χ0v) is 11.8. The number of rotatable bonds is 3. The molecule has 6 nitrogen and oxygen atoms in total. The Morgan fingerprint density at radius 1 is 1.47 bits per heavy atom. The van der Waals surface area contributed by atoms with Gasteiger partial charge in [0.05, 0.1) is 6.54 Å². The second kappa shape index (κ2) is 5.40. The van der Waals surface area contributed by atoms with Crippen LogP contribution in [0.5, 0.6) is 0 Å². The third-order valence-electron chi connectivity index (χ3n) is 2.70. The highest BCUT2D eigenvalue weighted by Crippen LogP contribution is 2.20. The second-order valence-electron chi connectivity index (χ2n) is 4.15. The van der Waals surface area contributed by atoms with E-state index in [4.69, 9.17) is 0 Å². The summed E-state index contributed by atoms with van der Waals surface area (Å²) in [6, 6.07) is 4.88. The summed E-state index contributed by atoms with van der Waals surface area (Å²) in [6.07, 6.45) is 0. The first kappa shape index (κ1) is 13.5. The molecule has 2 rings (SSSR count). The highest BCUT2D eigenvalue weighted by molar-refractivity contribution is 9.10. The highest BCUT2D eigenvalue weighted by Gasteiger charge is 2.30. The minimum atomic E-state index is -0.535. The van der Waals surface area contributed by atoms with Crippen molar-refractivity contribution in [2.24, 2.45) is 0 Å². The van der Waals surface area contributed by atoms with Crippen LogP contribution in [-0.4, -0.2) is 35.8 Å². The zero-order valence-electron chi connectivity index (χ0n) is 10.2. The molecule has 1 fully saturated rings. The first-order chi connectivity index (χ1) is 8.97. The summed E-state index contributed by atoms with van der Waals surface area (Å²) in [4.78, 5) is 35.3. The van der Waals surface area contributed by atoms with Gasteiger partial charge in [-0.1, -0.05) is 15.9 Å². The average Bonchev–Trinajstić information content (AvgIpc) is 2.65. The monoisotopic (exact) mass is 325 g/mol. The molecule has 0 unspecified atom stereocenters. The first-order valence-electron chi connectivity index (χ1n) is 5.61. The number of hydrogen-bond donors (Lipinski definition) is 2. The Hall–Kier alpha value is -1.89. The first-order valence-corrected chi connectivity index (χ1v) is 6.41. The topological polar surface area (TPSA) is 78.5 Å². The summed E-state index contributed by atoms with van der Waals surface area (Å²) in [5, 5.41) is 5.03. The SMILES string of the molecule is Cc1cc(Br)ccc1NC(=O)CN1C(=O)CNC1=O. The number of amides is 4. The molecule has 4 amide bonds. The van der Waals surface area contributed by atoms with Crippen LogP contribution in [0.4, 0.5) is 10.5 Å². The van der Waals surface area contributed by atoms with Gasteiger partial charge in [0.15, 0.2) is 0 Å². The normalized spacial score (nSPS) is 14.5. The molecule has 7 heteroatoms. The van der Waals surface area contributed by atoms with E-state index >= 15 is 0 Å². The van der Waals surface area contributed by atoms with Crippen LogP contribution in [0.3, 0.4) is 0 Å². The fraction of sp³-hybridized carbons (Fsp3) is 0.250. The van der Waals surface area contributed by atoms with Gasteiger partial charge in [-0.25, -0.2) is 4.79 Å². The third-order valence-corrected chi connectivity index (χ3v) is 3.19. The molecular weight excluding hydrogens is 314 g/mol. The van der Waals surface area contributed by atoms with Gasteiger partial charge in [-0.3, -0.25) is 14.5 Å². The summed E-state index contributed by atoms with van der Waals surface area (Å²) in [6.45, 7) is 1.53. The minimum absolute atomic E-state index is 0.0522. The molecule has 0 aromatic heterocycles. The van der Waals surface area contributed by atoms with Crippen molar-refractivity contribution in [1.82, 2.24) is 10.2 Å². The van der Waals surface area contributed by atoms with Gasteiger partial charge < -0.3 is 10.6 Å². The van der Waals surface area contributed by atoms with Gasteiger partial charge in [-0.05, 0) is 30.7 Å². The van der Waals surface area contributed by atoms with Gasteiger partial charge in [-0.2, -0.15) is 0 Å². The maximum absolute atomic E-state index is 11.8. The Kier molecular flexibility index (Phi) is 3.84. The summed E-state index contributed by atoms with van der Waals surface area (Å²) in [5.74, 6) is -0.802. The Bertz CT molecular complexity index is 543. The van der Waals surface area contributed by atoms with Gasteiger partial charge in [0.2, 0.25) is 5.91 Å².